The van der Waals surface area contributed by atoms with Crippen LogP contribution in [-0.2, 0) is 6.54 Å². The van der Waals surface area contributed by atoms with Crippen LogP contribution in [0.15, 0.2) is 41.9 Å². The van der Waals surface area contributed by atoms with E-state index in [2.05, 4.69) is 20.2 Å². The lowest BCUT2D eigenvalue weighted by molar-refractivity contribution is 0.0629. The van der Waals surface area contributed by atoms with Crippen LogP contribution in [0.3, 0.4) is 0 Å². The highest BCUT2D eigenvalue weighted by atomic mass is 32.1. The molecule has 0 N–H and O–H groups in total. The molecule has 6 heteroatoms. The van der Waals surface area contributed by atoms with Crippen molar-refractivity contribution >= 4 is 28.1 Å². The third-order valence-corrected chi connectivity index (χ3v) is 5.40. The number of hydrogen-bond acceptors (Lipinski definition) is 5. The van der Waals surface area contributed by atoms with Crippen LogP contribution in [0.25, 0.3) is 10.9 Å². The van der Waals surface area contributed by atoms with Crippen molar-refractivity contribution in [1.82, 2.24) is 19.8 Å². The first-order valence-corrected chi connectivity index (χ1v) is 9.35. The lowest BCUT2D eigenvalue weighted by Crippen LogP contribution is -2.48. The molecule has 5 nitrogen and oxygen atoms in total. The first-order valence-electron chi connectivity index (χ1n) is 8.47. The summed E-state index contributed by atoms with van der Waals surface area (Å²) in [7, 11) is 0. The molecule has 0 atom stereocenters. The van der Waals surface area contributed by atoms with Gasteiger partial charge in [0.15, 0.2) is 0 Å². The van der Waals surface area contributed by atoms with Crippen molar-refractivity contribution in [2.24, 2.45) is 0 Å². The number of carbonyl (C=O) groups is 1. The van der Waals surface area contributed by atoms with E-state index in [4.69, 9.17) is 0 Å². The quantitative estimate of drug-likeness (QED) is 0.727. The SMILES string of the molecule is Cc1nc(CN2CCN(C(=O)c3cccc4cccnc34)CC2)cs1. The predicted octanol–water partition coefficient (Wildman–Crippen LogP) is 2.96. The van der Waals surface area contributed by atoms with E-state index in [1.807, 2.05) is 42.2 Å². The number of aryl methyl sites for hydroxylation is 1. The number of carbonyl (C=O) groups excluding carboxylic acids is 1. The maximum absolute atomic E-state index is 12.9. The van der Waals surface area contributed by atoms with Crippen molar-refractivity contribution in [2.75, 3.05) is 26.2 Å². The number of pyridine rings is 1. The van der Waals surface area contributed by atoms with E-state index < -0.39 is 0 Å². The van der Waals surface area contributed by atoms with Gasteiger partial charge in [-0.1, -0.05) is 18.2 Å². The van der Waals surface area contributed by atoms with Crippen molar-refractivity contribution in [3.05, 3.63) is 58.2 Å². The summed E-state index contributed by atoms with van der Waals surface area (Å²) in [6.45, 7) is 6.13. The van der Waals surface area contributed by atoms with Crippen LogP contribution < -0.4 is 0 Å². The van der Waals surface area contributed by atoms with E-state index in [-0.39, 0.29) is 5.91 Å². The molecule has 2 aromatic heterocycles. The van der Waals surface area contributed by atoms with Crippen LogP contribution in [0.4, 0.5) is 0 Å². The van der Waals surface area contributed by atoms with Gasteiger partial charge in [0.25, 0.3) is 5.91 Å². The van der Waals surface area contributed by atoms with E-state index in [1.165, 1.54) is 0 Å². The second kappa shape index (κ2) is 6.90. The van der Waals surface area contributed by atoms with Crippen molar-refractivity contribution in [1.29, 1.82) is 0 Å². The van der Waals surface area contributed by atoms with Crippen LogP contribution in [0, 0.1) is 6.92 Å². The third kappa shape index (κ3) is 3.41. The Morgan fingerprint density at radius 3 is 2.72 bits per heavy atom. The molecule has 0 spiro atoms. The number of rotatable bonds is 3. The lowest BCUT2D eigenvalue weighted by Gasteiger charge is -2.34. The number of amides is 1. The van der Waals surface area contributed by atoms with E-state index in [1.54, 1.807) is 17.5 Å². The zero-order valence-electron chi connectivity index (χ0n) is 14.2. The molecule has 1 fully saturated rings. The number of thiazole rings is 1. The summed E-state index contributed by atoms with van der Waals surface area (Å²) in [6.07, 6.45) is 1.74. The number of para-hydroxylation sites is 1. The fourth-order valence-corrected chi connectivity index (χ4v) is 3.87. The molecule has 0 bridgehead atoms. The molecule has 1 amide bonds. The molecule has 3 heterocycles. The van der Waals surface area contributed by atoms with Gasteiger partial charge in [0, 0.05) is 49.7 Å². The average molecular weight is 352 g/mol. The summed E-state index contributed by atoms with van der Waals surface area (Å²) in [4.78, 5) is 26.2. The molecular formula is C19H20N4OS. The molecule has 0 radical (unpaired) electrons. The summed E-state index contributed by atoms with van der Waals surface area (Å²) in [5, 5.41) is 4.23. The van der Waals surface area contributed by atoms with Gasteiger partial charge in [-0.3, -0.25) is 14.7 Å². The van der Waals surface area contributed by atoms with Crippen molar-refractivity contribution in [3.63, 3.8) is 0 Å². The van der Waals surface area contributed by atoms with E-state index in [0.29, 0.717) is 5.56 Å². The fraction of sp³-hybridized carbons (Fsp3) is 0.316. The fourth-order valence-electron chi connectivity index (χ4n) is 3.27. The standard InChI is InChI=1S/C19H20N4OS/c1-14-21-16(13-25-14)12-22-8-10-23(11-9-22)19(24)17-6-2-4-15-5-3-7-20-18(15)17/h2-7,13H,8-12H2,1H3. The number of benzene rings is 1. The molecule has 1 aliphatic rings. The van der Waals surface area contributed by atoms with Gasteiger partial charge >= 0.3 is 0 Å². The molecule has 0 saturated carbocycles. The summed E-state index contributed by atoms with van der Waals surface area (Å²) >= 11 is 1.69. The Labute approximate surface area is 150 Å². The van der Waals surface area contributed by atoms with Gasteiger partial charge in [0.05, 0.1) is 21.8 Å². The zero-order chi connectivity index (χ0) is 17.2. The van der Waals surface area contributed by atoms with Gasteiger partial charge in [0.2, 0.25) is 0 Å². The molecule has 4 rings (SSSR count). The van der Waals surface area contributed by atoms with E-state index in [9.17, 15) is 4.79 Å². The van der Waals surface area contributed by atoms with Crippen molar-refractivity contribution in [3.8, 4) is 0 Å². The monoisotopic (exact) mass is 352 g/mol. The Morgan fingerprint density at radius 2 is 1.96 bits per heavy atom. The highest BCUT2D eigenvalue weighted by molar-refractivity contribution is 7.09. The lowest BCUT2D eigenvalue weighted by atomic mass is 10.1. The minimum atomic E-state index is 0.0773. The molecule has 0 aliphatic carbocycles. The van der Waals surface area contributed by atoms with Gasteiger partial charge < -0.3 is 4.90 Å². The minimum absolute atomic E-state index is 0.0773. The van der Waals surface area contributed by atoms with Gasteiger partial charge in [-0.05, 0) is 19.1 Å². The first-order chi connectivity index (χ1) is 12.2. The summed E-state index contributed by atoms with van der Waals surface area (Å²) < 4.78 is 0. The Balaban J connectivity index is 1.44. The molecule has 3 aromatic rings. The zero-order valence-corrected chi connectivity index (χ0v) is 15.0. The maximum Gasteiger partial charge on any atom is 0.256 e. The minimum Gasteiger partial charge on any atom is -0.336 e. The summed E-state index contributed by atoms with van der Waals surface area (Å²) in [5.41, 5.74) is 2.61. The summed E-state index contributed by atoms with van der Waals surface area (Å²) in [5.74, 6) is 0.0773. The average Bonchev–Trinajstić information content (AvgIpc) is 3.06. The Hall–Kier alpha value is -2.31. The number of piperazine rings is 1. The van der Waals surface area contributed by atoms with E-state index >= 15 is 0 Å². The molecular weight excluding hydrogens is 332 g/mol. The number of nitrogens with zero attached hydrogens (tertiary/aromatic N) is 4. The van der Waals surface area contributed by atoms with Crippen LogP contribution in [-0.4, -0.2) is 51.9 Å². The van der Waals surface area contributed by atoms with Crippen molar-refractivity contribution in [2.45, 2.75) is 13.5 Å². The Kier molecular flexibility index (Phi) is 4.46. The summed E-state index contributed by atoms with van der Waals surface area (Å²) in [6, 6.07) is 9.69. The Bertz CT molecular complexity index is 894. The van der Waals surface area contributed by atoms with Crippen LogP contribution in [0.2, 0.25) is 0 Å². The number of hydrogen-bond donors (Lipinski definition) is 0. The highest BCUT2D eigenvalue weighted by Gasteiger charge is 2.24. The molecule has 0 unspecified atom stereocenters. The first kappa shape index (κ1) is 16.2. The highest BCUT2D eigenvalue weighted by Crippen LogP contribution is 2.19. The smallest absolute Gasteiger partial charge is 0.256 e. The van der Waals surface area contributed by atoms with Crippen LogP contribution in [0.5, 0.6) is 0 Å². The van der Waals surface area contributed by atoms with Gasteiger partial charge in [-0.15, -0.1) is 11.3 Å². The molecule has 1 aromatic carbocycles. The molecule has 25 heavy (non-hydrogen) atoms. The second-order valence-corrected chi connectivity index (χ2v) is 7.37. The normalized spacial score (nSPS) is 15.6. The number of aromatic nitrogens is 2. The van der Waals surface area contributed by atoms with Crippen LogP contribution >= 0.6 is 11.3 Å². The maximum atomic E-state index is 12.9. The number of fused-ring (bicyclic) bond motifs is 1. The second-order valence-electron chi connectivity index (χ2n) is 6.31. The van der Waals surface area contributed by atoms with E-state index in [0.717, 1.165) is 54.3 Å². The van der Waals surface area contributed by atoms with Gasteiger partial charge in [-0.25, -0.2) is 4.98 Å². The topological polar surface area (TPSA) is 49.3 Å². The van der Waals surface area contributed by atoms with Gasteiger partial charge in [-0.2, -0.15) is 0 Å². The molecule has 128 valence electrons. The van der Waals surface area contributed by atoms with Crippen molar-refractivity contribution < 1.29 is 4.79 Å². The van der Waals surface area contributed by atoms with Gasteiger partial charge in [0.1, 0.15) is 0 Å². The molecule has 1 saturated heterocycles. The third-order valence-electron chi connectivity index (χ3n) is 4.57. The predicted molar refractivity (Wildman–Crippen MR) is 99.8 cm³/mol. The Morgan fingerprint density at radius 1 is 1.16 bits per heavy atom. The van der Waals surface area contributed by atoms with Crippen LogP contribution in [0.1, 0.15) is 21.1 Å². The molecule has 1 aliphatic heterocycles. The largest absolute Gasteiger partial charge is 0.336 e.